The summed E-state index contributed by atoms with van der Waals surface area (Å²) in [6.07, 6.45) is -4.01. The molecule has 1 aromatic heterocycles. The van der Waals surface area contributed by atoms with Crippen LogP contribution in [0.1, 0.15) is 19.4 Å². The van der Waals surface area contributed by atoms with Gasteiger partial charge in [-0.1, -0.05) is 0 Å². The molecule has 1 aromatic rings. The molecule has 9 heteroatoms. The molecule has 0 aromatic carbocycles. The van der Waals surface area contributed by atoms with Crippen molar-refractivity contribution in [2.75, 3.05) is 19.6 Å². The highest BCUT2D eigenvalue weighted by atomic mass is 19.4. The molecule has 1 rings (SSSR count). The summed E-state index contributed by atoms with van der Waals surface area (Å²) in [6, 6.07) is 1.42. The first-order valence-electron chi connectivity index (χ1n) is 7.01. The summed E-state index contributed by atoms with van der Waals surface area (Å²) in [5.41, 5.74) is -1.74. The van der Waals surface area contributed by atoms with Crippen LogP contribution in [-0.2, 0) is 22.3 Å². The van der Waals surface area contributed by atoms with Gasteiger partial charge in [0.2, 0.25) is 11.8 Å². The van der Waals surface area contributed by atoms with Gasteiger partial charge in [-0.15, -0.1) is 0 Å². The zero-order chi connectivity index (χ0) is 17.6. The summed E-state index contributed by atoms with van der Waals surface area (Å²) in [6.45, 7) is 3.18. The van der Waals surface area contributed by atoms with E-state index >= 15 is 0 Å². The normalized spacial score (nSPS) is 11.2. The molecule has 0 bridgehead atoms. The maximum Gasteiger partial charge on any atom is 0.417 e. The zero-order valence-electron chi connectivity index (χ0n) is 12.8. The number of hydrogen-bond acceptors (Lipinski definition) is 3. The lowest BCUT2D eigenvalue weighted by Gasteiger charge is -2.21. The Morgan fingerprint density at radius 1 is 1.26 bits per heavy atom. The number of pyridine rings is 1. The van der Waals surface area contributed by atoms with Crippen LogP contribution in [0.2, 0.25) is 0 Å². The molecule has 0 fully saturated rings. The van der Waals surface area contributed by atoms with Crippen molar-refractivity contribution in [3.8, 4) is 0 Å². The third-order valence-corrected chi connectivity index (χ3v) is 3.06. The average molecular weight is 333 g/mol. The van der Waals surface area contributed by atoms with Gasteiger partial charge in [0.15, 0.2) is 0 Å². The molecule has 0 aliphatic rings. The van der Waals surface area contributed by atoms with Crippen molar-refractivity contribution in [1.82, 2.24) is 14.8 Å². The van der Waals surface area contributed by atoms with Gasteiger partial charge < -0.3 is 14.8 Å². The van der Waals surface area contributed by atoms with Gasteiger partial charge in [0.05, 0.1) is 12.1 Å². The fraction of sp³-hybridized carbons (Fsp3) is 0.500. The Morgan fingerprint density at radius 3 is 2.43 bits per heavy atom. The molecule has 0 atom stereocenters. The molecule has 2 amide bonds. The maximum absolute atomic E-state index is 12.7. The lowest BCUT2D eigenvalue weighted by atomic mass is 10.2. The van der Waals surface area contributed by atoms with E-state index in [-0.39, 0.29) is 19.0 Å². The van der Waals surface area contributed by atoms with Crippen LogP contribution >= 0.6 is 0 Å². The largest absolute Gasteiger partial charge is 0.417 e. The summed E-state index contributed by atoms with van der Waals surface area (Å²) in [7, 11) is 0. The minimum absolute atomic E-state index is 0.198. The highest BCUT2D eigenvalue weighted by Crippen LogP contribution is 2.27. The van der Waals surface area contributed by atoms with Crippen LogP contribution in [0.15, 0.2) is 23.1 Å². The van der Waals surface area contributed by atoms with Gasteiger partial charge in [-0.2, -0.15) is 13.2 Å². The van der Waals surface area contributed by atoms with Crippen LogP contribution in [0.5, 0.6) is 0 Å². The van der Waals surface area contributed by atoms with Crippen LogP contribution < -0.4 is 10.9 Å². The molecule has 1 N–H and O–H groups in total. The second kappa shape index (κ2) is 7.80. The second-order valence-corrected chi connectivity index (χ2v) is 4.74. The molecule has 0 aliphatic carbocycles. The smallest absolute Gasteiger partial charge is 0.355 e. The number of aromatic nitrogens is 1. The highest BCUT2D eigenvalue weighted by molar-refractivity contribution is 5.84. The van der Waals surface area contributed by atoms with E-state index in [9.17, 15) is 27.6 Å². The Morgan fingerprint density at radius 2 is 1.91 bits per heavy atom. The van der Waals surface area contributed by atoms with E-state index < -0.39 is 29.8 Å². The van der Waals surface area contributed by atoms with E-state index in [0.29, 0.717) is 23.4 Å². The minimum atomic E-state index is -4.61. The number of rotatable bonds is 6. The third kappa shape index (κ3) is 5.42. The van der Waals surface area contributed by atoms with Crippen LogP contribution in [0.4, 0.5) is 13.2 Å². The van der Waals surface area contributed by atoms with Crippen LogP contribution in [-0.4, -0.2) is 40.9 Å². The summed E-state index contributed by atoms with van der Waals surface area (Å²) < 4.78 is 38.7. The summed E-state index contributed by atoms with van der Waals surface area (Å²) in [4.78, 5) is 36.4. The van der Waals surface area contributed by atoms with E-state index in [1.54, 1.807) is 13.8 Å². The van der Waals surface area contributed by atoms with E-state index in [1.165, 1.54) is 0 Å². The minimum Gasteiger partial charge on any atom is -0.355 e. The SMILES string of the molecule is CCNC(=O)CN(CC)C(=O)Cn1cc(C(F)(F)F)ccc1=O. The van der Waals surface area contributed by atoms with Crippen molar-refractivity contribution in [2.45, 2.75) is 26.6 Å². The molecule has 0 saturated heterocycles. The number of carbonyl (C=O) groups excluding carboxylic acids is 2. The molecule has 1 heterocycles. The number of hydrogen-bond donors (Lipinski definition) is 1. The van der Waals surface area contributed by atoms with Gasteiger partial charge in [-0.3, -0.25) is 14.4 Å². The van der Waals surface area contributed by atoms with E-state index in [0.717, 1.165) is 11.0 Å². The van der Waals surface area contributed by atoms with Gasteiger partial charge in [0, 0.05) is 25.4 Å². The molecule has 0 spiro atoms. The third-order valence-electron chi connectivity index (χ3n) is 3.06. The fourth-order valence-electron chi connectivity index (χ4n) is 1.87. The Balaban J connectivity index is 2.91. The number of likely N-dealkylation sites (N-methyl/N-ethyl adjacent to an activating group) is 2. The predicted molar refractivity (Wildman–Crippen MR) is 76.6 cm³/mol. The molecule has 6 nitrogen and oxygen atoms in total. The van der Waals surface area contributed by atoms with Crippen molar-refractivity contribution in [3.63, 3.8) is 0 Å². The van der Waals surface area contributed by atoms with Crippen LogP contribution in [0.3, 0.4) is 0 Å². The van der Waals surface area contributed by atoms with Crippen molar-refractivity contribution < 1.29 is 22.8 Å². The number of amides is 2. The highest BCUT2D eigenvalue weighted by Gasteiger charge is 2.31. The topological polar surface area (TPSA) is 71.4 Å². The van der Waals surface area contributed by atoms with E-state index in [2.05, 4.69) is 5.32 Å². The number of carbonyl (C=O) groups is 2. The summed E-state index contributed by atoms with van der Waals surface area (Å²) >= 11 is 0. The Labute approximate surface area is 130 Å². The quantitative estimate of drug-likeness (QED) is 0.839. The molecule has 128 valence electrons. The molecular formula is C14H18F3N3O3. The lowest BCUT2D eigenvalue weighted by Crippen LogP contribution is -2.42. The number of nitrogens with zero attached hydrogens (tertiary/aromatic N) is 2. The number of halogens is 3. The monoisotopic (exact) mass is 333 g/mol. The summed E-state index contributed by atoms with van der Waals surface area (Å²) in [5.74, 6) is -0.987. The Hall–Kier alpha value is -2.32. The molecule has 0 saturated carbocycles. The number of alkyl halides is 3. The second-order valence-electron chi connectivity index (χ2n) is 4.74. The number of nitrogens with one attached hydrogen (secondary N) is 1. The van der Waals surface area contributed by atoms with Crippen molar-refractivity contribution >= 4 is 11.8 Å². The molecule has 0 aliphatic heterocycles. The first-order valence-corrected chi connectivity index (χ1v) is 7.01. The van der Waals surface area contributed by atoms with Crippen LogP contribution in [0, 0.1) is 0 Å². The van der Waals surface area contributed by atoms with Gasteiger partial charge in [0.1, 0.15) is 6.54 Å². The van der Waals surface area contributed by atoms with E-state index in [1.807, 2.05) is 0 Å². The van der Waals surface area contributed by atoms with Gasteiger partial charge >= 0.3 is 6.18 Å². The fourth-order valence-corrected chi connectivity index (χ4v) is 1.87. The average Bonchev–Trinajstić information content (AvgIpc) is 2.46. The van der Waals surface area contributed by atoms with Crippen LogP contribution in [0.25, 0.3) is 0 Å². The Bertz CT molecular complexity index is 626. The van der Waals surface area contributed by atoms with Gasteiger partial charge in [-0.05, 0) is 19.9 Å². The van der Waals surface area contributed by atoms with E-state index in [4.69, 9.17) is 0 Å². The predicted octanol–water partition coefficient (Wildman–Crippen LogP) is 0.852. The standard InChI is InChI=1S/C14H18F3N3O3/c1-3-18-11(21)8-19(4-2)13(23)9-20-7-10(14(15,16)17)5-6-12(20)22/h5-7H,3-4,8-9H2,1-2H3,(H,18,21). The molecule has 0 unspecified atom stereocenters. The van der Waals surface area contributed by atoms with Crippen molar-refractivity contribution in [3.05, 3.63) is 34.2 Å². The first kappa shape index (κ1) is 18.7. The van der Waals surface area contributed by atoms with Gasteiger partial charge in [0.25, 0.3) is 5.56 Å². The summed E-state index contributed by atoms with van der Waals surface area (Å²) in [5, 5.41) is 2.52. The van der Waals surface area contributed by atoms with Crippen molar-refractivity contribution in [1.29, 1.82) is 0 Å². The molecule has 23 heavy (non-hydrogen) atoms. The van der Waals surface area contributed by atoms with Crippen molar-refractivity contribution in [2.24, 2.45) is 0 Å². The molecule has 0 radical (unpaired) electrons. The Kier molecular flexibility index (Phi) is 6.35. The zero-order valence-corrected chi connectivity index (χ0v) is 12.8. The molecular weight excluding hydrogens is 315 g/mol. The first-order chi connectivity index (χ1) is 10.7. The van der Waals surface area contributed by atoms with Gasteiger partial charge in [-0.25, -0.2) is 0 Å². The lowest BCUT2D eigenvalue weighted by molar-refractivity contribution is -0.139. The maximum atomic E-state index is 12.7.